The van der Waals surface area contributed by atoms with Crippen LogP contribution in [0.15, 0.2) is 72.9 Å². The van der Waals surface area contributed by atoms with Crippen LogP contribution in [0.5, 0.6) is 0 Å². The Morgan fingerprint density at radius 2 is 0.918 bits per heavy atom. The second kappa shape index (κ2) is 43.4. The van der Waals surface area contributed by atoms with Crippen LogP contribution in [0.2, 0.25) is 0 Å². The molecule has 2 atom stereocenters. The highest BCUT2D eigenvalue weighted by Crippen LogP contribution is 2.14. The maximum Gasteiger partial charge on any atom is 0.362 e. The van der Waals surface area contributed by atoms with E-state index < -0.39 is 18.1 Å². The van der Waals surface area contributed by atoms with Gasteiger partial charge < -0.3 is 23.8 Å². The summed E-state index contributed by atoms with van der Waals surface area (Å²) in [5.41, 5.74) is 0. The standard InChI is InChI=1S/C53H91NO7/c1-6-8-10-12-14-16-18-20-22-24-26-28-30-32-34-36-38-40-42-44-52(56)61-49(47-59-46-45-50(53(57)58)54(3,4)5)48-60-51(55)43-41-39-37-35-33-31-29-27-25-23-21-19-17-15-13-11-9-7-2/h8,10,14,16,20,22-23,25-26,28,32,34,49-50H,6-7,9,11-13,15,17-19,21,24,27,29-31,33,35-48H2,1-5H3/p+1/b10-8-,16-14-,22-20-,25-23-,28-26-,34-32-. The third-order valence-corrected chi connectivity index (χ3v) is 10.6. The average Bonchev–Trinajstić information content (AvgIpc) is 3.22. The lowest BCUT2D eigenvalue weighted by Gasteiger charge is -2.31. The lowest BCUT2D eigenvalue weighted by molar-refractivity contribution is -0.887. The normalized spacial score (nSPS) is 13.5. The van der Waals surface area contributed by atoms with Crippen molar-refractivity contribution < 1.29 is 38.2 Å². The fraction of sp³-hybridized carbons (Fsp3) is 0.717. The molecule has 0 aromatic rings. The molecule has 0 bridgehead atoms. The van der Waals surface area contributed by atoms with E-state index in [0.717, 1.165) is 77.0 Å². The zero-order valence-electron chi connectivity index (χ0n) is 39.8. The number of ether oxygens (including phenoxy) is 3. The Morgan fingerprint density at radius 1 is 0.508 bits per heavy atom. The minimum atomic E-state index is -0.883. The molecule has 8 heteroatoms. The largest absolute Gasteiger partial charge is 0.477 e. The molecular weight excluding hydrogens is 763 g/mol. The SMILES string of the molecule is CC/C=C\C/C=C\C/C=C\C/C=C\C/C=C\CCCCCC(=O)OC(COCCC(C(=O)O)[N+](C)(C)C)COC(=O)CCCCCCCCC/C=C\CCCCCCCCC. The molecule has 0 aliphatic rings. The molecule has 0 radical (unpaired) electrons. The molecule has 350 valence electrons. The fourth-order valence-corrected chi connectivity index (χ4v) is 6.82. The summed E-state index contributed by atoms with van der Waals surface area (Å²) in [6.07, 6.45) is 55.2. The van der Waals surface area contributed by atoms with E-state index in [9.17, 15) is 19.5 Å². The van der Waals surface area contributed by atoms with Crippen LogP contribution in [0, 0.1) is 0 Å². The van der Waals surface area contributed by atoms with E-state index in [2.05, 4.69) is 86.8 Å². The molecule has 0 rings (SSSR count). The number of quaternary nitrogens is 1. The van der Waals surface area contributed by atoms with Gasteiger partial charge in [0.2, 0.25) is 0 Å². The first-order valence-corrected chi connectivity index (χ1v) is 24.5. The van der Waals surface area contributed by atoms with Gasteiger partial charge in [0.25, 0.3) is 0 Å². The Labute approximate surface area is 374 Å². The third kappa shape index (κ3) is 41.9. The van der Waals surface area contributed by atoms with Crippen molar-refractivity contribution in [1.29, 1.82) is 0 Å². The topological polar surface area (TPSA) is 99.1 Å². The minimum Gasteiger partial charge on any atom is -0.477 e. The molecule has 0 aromatic heterocycles. The molecule has 0 fully saturated rings. The maximum atomic E-state index is 12.8. The number of likely N-dealkylation sites (N-methyl/N-ethyl adjacent to an activating group) is 1. The quantitative estimate of drug-likeness (QED) is 0.0282. The van der Waals surface area contributed by atoms with Crippen molar-refractivity contribution in [3.05, 3.63) is 72.9 Å². The van der Waals surface area contributed by atoms with Gasteiger partial charge in [-0.3, -0.25) is 9.59 Å². The van der Waals surface area contributed by atoms with Crippen molar-refractivity contribution >= 4 is 17.9 Å². The first-order valence-electron chi connectivity index (χ1n) is 24.5. The number of hydrogen-bond donors (Lipinski definition) is 1. The molecule has 0 saturated heterocycles. The molecule has 61 heavy (non-hydrogen) atoms. The van der Waals surface area contributed by atoms with Gasteiger partial charge in [-0.15, -0.1) is 0 Å². The van der Waals surface area contributed by atoms with Gasteiger partial charge in [0.1, 0.15) is 6.61 Å². The first kappa shape index (κ1) is 57.8. The number of carboxylic acids is 1. The van der Waals surface area contributed by atoms with Gasteiger partial charge in [-0.1, -0.05) is 164 Å². The van der Waals surface area contributed by atoms with Crippen LogP contribution in [-0.2, 0) is 28.6 Å². The Bertz CT molecular complexity index is 1230. The number of carboxylic acid groups (broad SMARTS) is 1. The van der Waals surface area contributed by atoms with Gasteiger partial charge in [0.15, 0.2) is 12.1 Å². The van der Waals surface area contributed by atoms with Crippen molar-refractivity contribution in [1.82, 2.24) is 0 Å². The van der Waals surface area contributed by atoms with Crippen LogP contribution in [0.25, 0.3) is 0 Å². The summed E-state index contributed by atoms with van der Waals surface area (Å²) in [6, 6.07) is -0.625. The number of carbonyl (C=O) groups excluding carboxylic acids is 2. The Hall–Kier alpha value is -3.23. The summed E-state index contributed by atoms with van der Waals surface area (Å²) in [4.78, 5) is 37.1. The molecule has 0 heterocycles. The summed E-state index contributed by atoms with van der Waals surface area (Å²) < 4.78 is 17.3. The highest BCUT2D eigenvalue weighted by molar-refractivity contribution is 5.72. The van der Waals surface area contributed by atoms with Crippen molar-refractivity contribution in [2.24, 2.45) is 0 Å². The molecule has 0 amide bonds. The van der Waals surface area contributed by atoms with Gasteiger partial charge >= 0.3 is 17.9 Å². The summed E-state index contributed by atoms with van der Waals surface area (Å²) in [5.74, 6) is -1.52. The number of esters is 2. The average molecular weight is 855 g/mol. The number of rotatable bonds is 43. The fourth-order valence-electron chi connectivity index (χ4n) is 6.82. The number of aliphatic carboxylic acids is 1. The summed E-state index contributed by atoms with van der Waals surface area (Å²) in [6.45, 7) is 4.58. The van der Waals surface area contributed by atoms with E-state index in [-0.39, 0.29) is 42.7 Å². The summed E-state index contributed by atoms with van der Waals surface area (Å²) >= 11 is 0. The Balaban J connectivity index is 4.36. The summed E-state index contributed by atoms with van der Waals surface area (Å²) in [5, 5.41) is 9.64. The number of allylic oxidation sites excluding steroid dienone is 12. The Morgan fingerprint density at radius 3 is 1.39 bits per heavy atom. The van der Waals surface area contributed by atoms with Crippen molar-refractivity contribution in [3.8, 4) is 0 Å². The third-order valence-electron chi connectivity index (χ3n) is 10.6. The molecule has 0 aromatic carbocycles. The van der Waals surface area contributed by atoms with Crippen LogP contribution < -0.4 is 0 Å². The van der Waals surface area contributed by atoms with E-state index in [0.29, 0.717) is 12.8 Å². The second-order valence-corrected chi connectivity index (χ2v) is 17.3. The van der Waals surface area contributed by atoms with Gasteiger partial charge in [-0.05, 0) is 83.5 Å². The predicted octanol–water partition coefficient (Wildman–Crippen LogP) is 13.9. The van der Waals surface area contributed by atoms with E-state index in [4.69, 9.17) is 14.2 Å². The molecule has 2 unspecified atom stereocenters. The van der Waals surface area contributed by atoms with Gasteiger partial charge in [0, 0.05) is 19.3 Å². The lowest BCUT2D eigenvalue weighted by atomic mass is 10.1. The molecule has 0 aliphatic heterocycles. The van der Waals surface area contributed by atoms with Crippen molar-refractivity contribution in [2.45, 2.75) is 206 Å². The van der Waals surface area contributed by atoms with Crippen LogP contribution in [0.4, 0.5) is 0 Å². The van der Waals surface area contributed by atoms with Gasteiger partial charge in [-0.2, -0.15) is 0 Å². The lowest BCUT2D eigenvalue weighted by Crippen LogP contribution is -2.50. The number of carbonyl (C=O) groups is 3. The Kier molecular flexibility index (Phi) is 41.1. The number of nitrogens with zero attached hydrogens (tertiary/aromatic N) is 1. The molecule has 8 nitrogen and oxygen atoms in total. The zero-order chi connectivity index (χ0) is 44.9. The molecule has 0 spiro atoms. The predicted molar refractivity (Wildman–Crippen MR) is 257 cm³/mol. The van der Waals surface area contributed by atoms with Gasteiger partial charge in [0.05, 0.1) is 34.4 Å². The molecule has 0 saturated carbocycles. The van der Waals surface area contributed by atoms with Crippen LogP contribution in [0.3, 0.4) is 0 Å². The summed E-state index contributed by atoms with van der Waals surface area (Å²) in [7, 11) is 5.51. The highest BCUT2D eigenvalue weighted by Gasteiger charge is 2.31. The molecule has 0 aliphatic carbocycles. The van der Waals surface area contributed by atoms with E-state index in [1.807, 2.05) is 21.1 Å². The van der Waals surface area contributed by atoms with Gasteiger partial charge in [-0.25, -0.2) is 4.79 Å². The number of hydrogen-bond acceptors (Lipinski definition) is 6. The zero-order valence-corrected chi connectivity index (χ0v) is 39.8. The highest BCUT2D eigenvalue weighted by atomic mass is 16.6. The van der Waals surface area contributed by atoms with E-state index >= 15 is 0 Å². The van der Waals surface area contributed by atoms with Crippen LogP contribution in [-0.4, -0.2) is 80.6 Å². The smallest absolute Gasteiger partial charge is 0.362 e. The molecule has 1 N–H and O–H groups in total. The van der Waals surface area contributed by atoms with Crippen LogP contribution in [0.1, 0.15) is 194 Å². The van der Waals surface area contributed by atoms with Crippen molar-refractivity contribution in [3.63, 3.8) is 0 Å². The van der Waals surface area contributed by atoms with Crippen LogP contribution >= 0.6 is 0 Å². The first-order chi connectivity index (χ1) is 29.6. The minimum absolute atomic E-state index is 0.0432. The number of unbranched alkanes of at least 4 members (excludes halogenated alkanes) is 17. The maximum absolute atomic E-state index is 12.8. The van der Waals surface area contributed by atoms with Crippen molar-refractivity contribution in [2.75, 3.05) is 41.0 Å². The van der Waals surface area contributed by atoms with E-state index in [1.54, 1.807) is 0 Å². The second-order valence-electron chi connectivity index (χ2n) is 17.3. The van der Waals surface area contributed by atoms with E-state index in [1.165, 1.54) is 83.5 Å². The monoisotopic (exact) mass is 855 g/mol. The molecular formula is C53H92NO7+.